The third kappa shape index (κ3) is 5.48. The lowest BCUT2D eigenvalue weighted by molar-refractivity contribution is -0.0356. The zero-order valence-corrected chi connectivity index (χ0v) is 17.6. The summed E-state index contributed by atoms with van der Waals surface area (Å²) in [4.78, 5) is 2.38. The molecule has 28 heavy (non-hydrogen) atoms. The molecule has 154 valence electrons. The van der Waals surface area contributed by atoms with Crippen molar-refractivity contribution in [3.63, 3.8) is 0 Å². The van der Waals surface area contributed by atoms with Crippen LogP contribution in [0.5, 0.6) is 5.75 Å². The van der Waals surface area contributed by atoms with E-state index in [1.807, 2.05) is 30.3 Å². The molecule has 0 bridgehead atoms. The molecule has 0 amide bonds. The van der Waals surface area contributed by atoms with Crippen molar-refractivity contribution < 1.29 is 14.9 Å². The van der Waals surface area contributed by atoms with Crippen LogP contribution >= 0.6 is 12.4 Å². The summed E-state index contributed by atoms with van der Waals surface area (Å²) in [7, 11) is 0. The zero-order chi connectivity index (χ0) is 19.3. The minimum absolute atomic E-state index is 0. The van der Waals surface area contributed by atoms with Crippen LogP contribution in [-0.2, 0) is 10.3 Å². The summed E-state index contributed by atoms with van der Waals surface area (Å²) in [5.74, 6) is 0.485. The molecule has 2 unspecified atom stereocenters. The molecule has 2 atom stereocenters. The maximum atomic E-state index is 12.0. The first kappa shape index (κ1) is 22.7. The summed E-state index contributed by atoms with van der Waals surface area (Å²) in [6.07, 6.45) is 0.654. The smallest absolute Gasteiger partial charge is 0.115 e. The van der Waals surface area contributed by atoms with E-state index in [1.165, 1.54) is 0 Å². The second kappa shape index (κ2) is 10.3. The van der Waals surface area contributed by atoms with Gasteiger partial charge in [0.15, 0.2) is 0 Å². The van der Waals surface area contributed by atoms with E-state index in [1.54, 1.807) is 12.1 Å². The third-order valence-corrected chi connectivity index (χ3v) is 5.41. The highest BCUT2D eigenvalue weighted by Gasteiger charge is 2.41. The maximum Gasteiger partial charge on any atom is 0.115 e. The number of rotatable bonds is 7. The number of hydrogen-bond donors (Lipinski definition) is 2. The fourth-order valence-corrected chi connectivity index (χ4v) is 4.09. The van der Waals surface area contributed by atoms with Crippen molar-refractivity contribution in [2.75, 3.05) is 32.8 Å². The number of morpholine rings is 1. The molecule has 1 aliphatic rings. The fraction of sp³-hybridized carbons (Fsp3) is 0.478. The average molecular weight is 406 g/mol. The van der Waals surface area contributed by atoms with Crippen molar-refractivity contribution in [2.24, 2.45) is 5.92 Å². The molecule has 2 aromatic carbocycles. The lowest BCUT2D eigenvalue weighted by Gasteiger charge is -2.41. The van der Waals surface area contributed by atoms with Crippen LogP contribution in [0.2, 0.25) is 0 Å². The number of aliphatic hydroxyl groups is 1. The van der Waals surface area contributed by atoms with Gasteiger partial charge in [0.25, 0.3) is 0 Å². The van der Waals surface area contributed by atoms with E-state index in [9.17, 15) is 10.2 Å². The molecule has 0 radical (unpaired) electrons. The van der Waals surface area contributed by atoms with E-state index in [0.717, 1.165) is 44.0 Å². The number of benzene rings is 2. The largest absolute Gasteiger partial charge is 0.508 e. The minimum Gasteiger partial charge on any atom is -0.508 e. The summed E-state index contributed by atoms with van der Waals surface area (Å²) in [6.45, 7) is 8.31. The molecule has 0 spiro atoms. The van der Waals surface area contributed by atoms with E-state index >= 15 is 0 Å². The van der Waals surface area contributed by atoms with Crippen LogP contribution in [0.25, 0.3) is 0 Å². The first-order valence-electron chi connectivity index (χ1n) is 9.86. The van der Waals surface area contributed by atoms with E-state index in [-0.39, 0.29) is 24.1 Å². The summed E-state index contributed by atoms with van der Waals surface area (Å²) >= 11 is 0. The highest BCUT2D eigenvalue weighted by molar-refractivity contribution is 5.85. The van der Waals surface area contributed by atoms with Crippen LogP contribution in [0.4, 0.5) is 0 Å². The molecule has 1 fully saturated rings. The fourth-order valence-electron chi connectivity index (χ4n) is 4.09. The van der Waals surface area contributed by atoms with Gasteiger partial charge in [0.2, 0.25) is 0 Å². The SMILES string of the molecule is CC(C)CC(O)(c1ccc(O)cc1)C(CN1CCOCC1)c1ccccc1.Cl. The Bertz CT molecular complexity index is 702. The molecule has 1 heterocycles. The van der Waals surface area contributed by atoms with Crippen LogP contribution < -0.4 is 0 Å². The third-order valence-electron chi connectivity index (χ3n) is 5.41. The quantitative estimate of drug-likeness (QED) is 0.726. The Kier molecular flexibility index (Phi) is 8.32. The number of halogens is 1. The molecule has 0 aromatic heterocycles. The van der Waals surface area contributed by atoms with Crippen LogP contribution in [0.1, 0.15) is 37.3 Å². The van der Waals surface area contributed by atoms with Gasteiger partial charge in [-0.25, -0.2) is 0 Å². The highest BCUT2D eigenvalue weighted by Crippen LogP contribution is 2.42. The topological polar surface area (TPSA) is 52.9 Å². The number of hydrogen-bond acceptors (Lipinski definition) is 4. The monoisotopic (exact) mass is 405 g/mol. The minimum atomic E-state index is -1.01. The molecule has 0 aliphatic carbocycles. The molecule has 4 nitrogen and oxygen atoms in total. The van der Waals surface area contributed by atoms with Crippen LogP contribution in [0, 0.1) is 5.92 Å². The van der Waals surface area contributed by atoms with Crippen LogP contribution in [-0.4, -0.2) is 48.0 Å². The average Bonchev–Trinajstić information content (AvgIpc) is 2.67. The molecule has 2 aromatic rings. The second-order valence-corrected chi connectivity index (χ2v) is 7.95. The Balaban J connectivity index is 0.00000280. The summed E-state index contributed by atoms with van der Waals surface area (Å²) in [6, 6.07) is 17.3. The number of aromatic hydroxyl groups is 1. The van der Waals surface area contributed by atoms with Gasteiger partial charge in [-0.15, -0.1) is 12.4 Å². The first-order chi connectivity index (χ1) is 13.0. The number of phenolic OH excluding ortho intramolecular Hbond substituents is 1. The predicted molar refractivity (Wildman–Crippen MR) is 115 cm³/mol. The van der Waals surface area contributed by atoms with E-state index < -0.39 is 5.60 Å². The van der Waals surface area contributed by atoms with E-state index in [4.69, 9.17) is 4.74 Å². The molecule has 3 rings (SSSR count). The summed E-state index contributed by atoms with van der Waals surface area (Å²) < 4.78 is 5.50. The van der Waals surface area contributed by atoms with Gasteiger partial charge in [0.1, 0.15) is 5.75 Å². The van der Waals surface area contributed by atoms with Crippen LogP contribution in [0.15, 0.2) is 54.6 Å². The van der Waals surface area contributed by atoms with Crippen molar-refractivity contribution >= 4 is 12.4 Å². The number of phenols is 1. The van der Waals surface area contributed by atoms with Crippen molar-refractivity contribution in [1.29, 1.82) is 0 Å². The van der Waals surface area contributed by atoms with Gasteiger partial charge in [-0.05, 0) is 35.6 Å². The first-order valence-corrected chi connectivity index (χ1v) is 9.86. The van der Waals surface area contributed by atoms with Crippen molar-refractivity contribution in [1.82, 2.24) is 4.90 Å². The van der Waals surface area contributed by atoms with E-state index in [2.05, 4.69) is 30.9 Å². The molecule has 1 saturated heterocycles. The molecule has 0 saturated carbocycles. The molecule has 1 aliphatic heterocycles. The van der Waals surface area contributed by atoms with Gasteiger partial charge < -0.3 is 14.9 Å². The lowest BCUT2D eigenvalue weighted by Crippen LogP contribution is -2.45. The van der Waals surface area contributed by atoms with Gasteiger partial charge in [-0.2, -0.15) is 0 Å². The maximum absolute atomic E-state index is 12.0. The van der Waals surface area contributed by atoms with Gasteiger partial charge in [0.05, 0.1) is 18.8 Å². The normalized spacial score (nSPS) is 18.3. The lowest BCUT2D eigenvalue weighted by atomic mass is 9.72. The number of nitrogens with zero attached hydrogens (tertiary/aromatic N) is 1. The second-order valence-electron chi connectivity index (χ2n) is 7.95. The Morgan fingerprint density at radius 1 is 1.00 bits per heavy atom. The van der Waals surface area contributed by atoms with E-state index in [0.29, 0.717) is 12.3 Å². The van der Waals surface area contributed by atoms with Crippen molar-refractivity contribution in [2.45, 2.75) is 31.8 Å². The highest BCUT2D eigenvalue weighted by atomic mass is 35.5. The van der Waals surface area contributed by atoms with Gasteiger partial charge in [0, 0.05) is 25.6 Å². The Labute approximate surface area is 174 Å². The molecule has 5 heteroatoms. The Morgan fingerprint density at radius 3 is 2.18 bits per heavy atom. The number of ether oxygens (including phenoxy) is 1. The van der Waals surface area contributed by atoms with Gasteiger partial charge >= 0.3 is 0 Å². The summed E-state index contributed by atoms with van der Waals surface area (Å²) in [5.41, 5.74) is 0.984. The molecular weight excluding hydrogens is 374 g/mol. The standard InChI is InChI=1S/C23H31NO3.ClH/c1-18(2)16-23(26,20-8-10-21(25)11-9-20)22(19-6-4-3-5-7-19)17-24-12-14-27-15-13-24;/h3-11,18,22,25-26H,12-17H2,1-2H3;1H. The predicted octanol–water partition coefficient (Wildman–Crippen LogP) is 4.16. The van der Waals surface area contributed by atoms with Crippen LogP contribution in [0.3, 0.4) is 0 Å². The van der Waals surface area contributed by atoms with Crippen molar-refractivity contribution in [3.8, 4) is 5.75 Å². The summed E-state index contributed by atoms with van der Waals surface area (Å²) in [5, 5.41) is 21.8. The zero-order valence-electron chi connectivity index (χ0n) is 16.8. The molecule has 2 N–H and O–H groups in total. The van der Waals surface area contributed by atoms with Gasteiger partial charge in [-0.1, -0.05) is 56.3 Å². The Hall–Kier alpha value is -1.59. The Morgan fingerprint density at radius 2 is 1.61 bits per heavy atom. The molecular formula is C23H32ClNO3. The van der Waals surface area contributed by atoms with Crippen molar-refractivity contribution in [3.05, 3.63) is 65.7 Å². The van der Waals surface area contributed by atoms with Gasteiger partial charge in [-0.3, -0.25) is 4.90 Å².